The van der Waals surface area contributed by atoms with Gasteiger partial charge in [-0.2, -0.15) is 9.47 Å². The Balaban J connectivity index is 1.57. The molecule has 0 aromatic carbocycles. The second kappa shape index (κ2) is 6.34. The molecule has 3 aromatic heterocycles. The molecule has 6 nitrogen and oxygen atoms in total. The summed E-state index contributed by atoms with van der Waals surface area (Å²) >= 11 is 7.60. The summed E-state index contributed by atoms with van der Waals surface area (Å²) in [7, 11) is 0. The van der Waals surface area contributed by atoms with Gasteiger partial charge >= 0.3 is 0 Å². The molecule has 1 aliphatic carbocycles. The van der Waals surface area contributed by atoms with Crippen molar-refractivity contribution in [2.75, 3.05) is 12.0 Å². The summed E-state index contributed by atoms with van der Waals surface area (Å²) in [5.41, 5.74) is 2.09. The predicted molar refractivity (Wildman–Crippen MR) is 96.0 cm³/mol. The number of halogens is 2. The third-order valence-corrected chi connectivity index (χ3v) is 5.32. The van der Waals surface area contributed by atoms with Crippen molar-refractivity contribution in [3.8, 4) is 11.3 Å². The lowest BCUT2D eigenvalue weighted by Gasteiger charge is -2.09. The van der Waals surface area contributed by atoms with Gasteiger partial charge in [0, 0.05) is 23.7 Å². The summed E-state index contributed by atoms with van der Waals surface area (Å²) < 4.78 is 19.1. The van der Waals surface area contributed by atoms with E-state index in [1.165, 1.54) is 11.5 Å². The monoisotopic (exact) mass is 378 g/mol. The topological polar surface area (TPSA) is 68.5 Å². The summed E-state index contributed by atoms with van der Waals surface area (Å²) in [6.45, 7) is 2.20. The molecule has 1 saturated carbocycles. The maximum Gasteiger partial charge on any atom is 0.228 e. The number of anilines is 2. The van der Waals surface area contributed by atoms with Gasteiger partial charge in [0.15, 0.2) is 0 Å². The molecule has 0 atom stereocenters. The summed E-state index contributed by atoms with van der Waals surface area (Å²) in [5, 5.41) is 8.75. The highest BCUT2D eigenvalue weighted by atomic mass is 35.5. The average molecular weight is 379 g/mol. The van der Waals surface area contributed by atoms with E-state index in [4.69, 9.17) is 11.6 Å². The third kappa shape index (κ3) is 3.50. The summed E-state index contributed by atoms with van der Waals surface area (Å²) in [5.74, 6) is 0.443. The number of rotatable bonds is 6. The molecule has 1 fully saturated rings. The number of hydrogen-bond acceptors (Lipinski definition) is 6. The molecule has 0 aliphatic heterocycles. The zero-order valence-electron chi connectivity index (χ0n) is 13.5. The molecule has 1 aliphatic rings. The van der Waals surface area contributed by atoms with Crippen molar-refractivity contribution in [2.24, 2.45) is 5.41 Å². The van der Waals surface area contributed by atoms with Gasteiger partial charge < -0.3 is 5.32 Å². The Morgan fingerprint density at radius 1 is 1.40 bits per heavy atom. The number of aryl methyl sites for hydroxylation is 1. The van der Waals surface area contributed by atoms with Crippen molar-refractivity contribution in [1.82, 2.24) is 24.1 Å². The summed E-state index contributed by atoms with van der Waals surface area (Å²) in [4.78, 5) is 8.70. The van der Waals surface area contributed by atoms with E-state index in [0.29, 0.717) is 23.2 Å². The number of hydrogen-bond donors (Lipinski definition) is 1. The zero-order valence-corrected chi connectivity index (χ0v) is 15.1. The van der Waals surface area contributed by atoms with Crippen LogP contribution in [-0.2, 0) is 6.54 Å². The first-order valence-corrected chi connectivity index (χ1v) is 9.04. The van der Waals surface area contributed by atoms with E-state index in [1.54, 1.807) is 17.1 Å². The second-order valence-corrected chi connectivity index (χ2v) is 7.62. The van der Waals surface area contributed by atoms with Crippen LogP contribution in [0.3, 0.4) is 0 Å². The molecule has 0 amide bonds. The van der Waals surface area contributed by atoms with Crippen molar-refractivity contribution in [3.05, 3.63) is 35.4 Å². The molecule has 0 spiro atoms. The van der Waals surface area contributed by atoms with Crippen LogP contribution in [0.25, 0.3) is 11.3 Å². The van der Waals surface area contributed by atoms with Gasteiger partial charge in [-0.1, -0.05) is 11.6 Å². The standard InChI is InChI=1S/C16H16ClFN6S/c1-10-4-13(25-23-10)21-15-19-6-12(17)14(22-15)11-5-20-24(7-11)9-16(8-18)2-3-16/h4-7H,2-3,8-9H2,1H3,(H,19,21,22). The highest BCUT2D eigenvalue weighted by Crippen LogP contribution is 2.47. The van der Waals surface area contributed by atoms with Gasteiger partial charge in [-0.3, -0.25) is 9.07 Å². The minimum atomic E-state index is -0.307. The maximum absolute atomic E-state index is 13.1. The van der Waals surface area contributed by atoms with E-state index < -0.39 is 0 Å². The van der Waals surface area contributed by atoms with Crippen LogP contribution in [0.15, 0.2) is 24.7 Å². The minimum Gasteiger partial charge on any atom is -0.314 e. The van der Waals surface area contributed by atoms with Gasteiger partial charge in [-0.25, -0.2) is 9.97 Å². The van der Waals surface area contributed by atoms with Crippen LogP contribution in [0.2, 0.25) is 5.02 Å². The van der Waals surface area contributed by atoms with Crippen LogP contribution in [-0.4, -0.2) is 30.8 Å². The van der Waals surface area contributed by atoms with E-state index in [0.717, 1.165) is 29.1 Å². The molecule has 9 heteroatoms. The summed E-state index contributed by atoms with van der Waals surface area (Å²) in [6, 6.07) is 1.92. The van der Waals surface area contributed by atoms with Crippen molar-refractivity contribution in [2.45, 2.75) is 26.3 Å². The Labute approximate surface area is 153 Å². The Kier molecular flexibility index (Phi) is 4.16. The van der Waals surface area contributed by atoms with Gasteiger partial charge in [0.05, 0.1) is 35.5 Å². The molecule has 25 heavy (non-hydrogen) atoms. The highest BCUT2D eigenvalue weighted by molar-refractivity contribution is 7.10. The fraction of sp³-hybridized carbons (Fsp3) is 0.375. The van der Waals surface area contributed by atoms with E-state index in [2.05, 4.69) is 24.8 Å². The van der Waals surface area contributed by atoms with Gasteiger partial charge in [0.2, 0.25) is 5.95 Å². The molecule has 0 radical (unpaired) electrons. The zero-order chi connectivity index (χ0) is 17.4. The normalized spacial score (nSPS) is 15.3. The molecule has 3 heterocycles. The first-order chi connectivity index (χ1) is 12.1. The lowest BCUT2D eigenvalue weighted by molar-refractivity contribution is 0.294. The van der Waals surface area contributed by atoms with Crippen LogP contribution in [0.1, 0.15) is 18.5 Å². The van der Waals surface area contributed by atoms with Gasteiger partial charge in [0.25, 0.3) is 0 Å². The fourth-order valence-corrected chi connectivity index (χ4v) is 3.44. The van der Waals surface area contributed by atoms with Crippen LogP contribution in [0, 0.1) is 12.3 Å². The fourth-order valence-electron chi connectivity index (χ4n) is 2.59. The predicted octanol–water partition coefficient (Wildman–Crippen LogP) is 4.25. The number of nitrogens with zero attached hydrogens (tertiary/aromatic N) is 5. The van der Waals surface area contributed by atoms with Crippen molar-refractivity contribution >= 4 is 34.1 Å². The van der Waals surface area contributed by atoms with E-state index in [9.17, 15) is 4.39 Å². The van der Waals surface area contributed by atoms with E-state index >= 15 is 0 Å². The molecule has 0 unspecified atom stereocenters. The largest absolute Gasteiger partial charge is 0.314 e. The van der Waals surface area contributed by atoms with Crippen molar-refractivity contribution < 1.29 is 4.39 Å². The Hall–Kier alpha value is -2.06. The van der Waals surface area contributed by atoms with E-state index in [-0.39, 0.29) is 12.1 Å². The lowest BCUT2D eigenvalue weighted by atomic mass is 10.1. The first-order valence-electron chi connectivity index (χ1n) is 7.89. The van der Waals surface area contributed by atoms with Crippen LogP contribution in [0.5, 0.6) is 0 Å². The summed E-state index contributed by atoms with van der Waals surface area (Å²) in [6.07, 6.45) is 6.93. The van der Waals surface area contributed by atoms with Gasteiger partial charge in [-0.15, -0.1) is 0 Å². The Morgan fingerprint density at radius 2 is 2.24 bits per heavy atom. The Bertz CT molecular complexity index is 904. The number of aromatic nitrogens is 5. The molecule has 0 saturated heterocycles. The van der Waals surface area contributed by atoms with Crippen molar-refractivity contribution in [1.29, 1.82) is 0 Å². The minimum absolute atomic E-state index is 0.227. The van der Waals surface area contributed by atoms with Crippen LogP contribution < -0.4 is 5.32 Å². The maximum atomic E-state index is 13.1. The SMILES string of the molecule is Cc1cc(Nc2ncc(Cl)c(-c3cnn(CC4(CF)CC4)c3)n2)sn1. The third-order valence-electron chi connectivity index (χ3n) is 4.25. The quantitative estimate of drug-likeness (QED) is 0.694. The lowest BCUT2D eigenvalue weighted by Crippen LogP contribution is -2.13. The molecule has 130 valence electrons. The average Bonchev–Trinajstić information content (AvgIpc) is 3.01. The molecular weight excluding hydrogens is 363 g/mol. The van der Waals surface area contributed by atoms with Crippen molar-refractivity contribution in [3.63, 3.8) is 0 Å². The second-order valence-electron chi connectivity index (χ2n) is 6.41. The molecular formula is C16H16ClFN6S. The Morgan fingerprint density at radius 3 is 2.92 bits per heavy atom. The van der Waals surface area contributed by atoms with Crippen LogP contribution >= 0.6 is 23.1 Å². The van der Waals surface area contributed by atoms with E-state index in [1.807, 2.05) is 19.2 Å². The van der Waals surface area contributed by atoms with Crippen LogP contribution in [0.4, 0.5) is 15.3 Å². The first kappa shape index (κ1) is 16.4. The highest BCUT2D eigenvalue weighted by Gasteiger charge is 2.43. The number of alkyl halides is 1. The van der Waals surface area contributed by atoms with Gasteiger partial charge in [0.1, 0.15) is 5.00 Å². The molecule has 1 N–H and O–H groups in total. The smallest absolute Gasteiger partial charge is 0.228 e. The molecule has 0 bridgehead atoms. The number of nitrogens with one attached hydrogen (secondary N) is 1. The molecule has 4 rings (SSSR count). The molecule has 3 aromatic rings. The van der Waals surface area contributed by atoms with Gasteiger partial charge in [-0.05, 0) is 37.4 Å².